The van der Waals surface area contributed by atoms with Crippen LogP contribution in [0.1, 0.15) is 25.3 Å². The summed E-state index contributed by atoms with van der Waals surface area (Å²) in [5, 5.41) is 0. The highest BCUT2D eigenvalue weighted by atomic mass is 32.2. The number of nitrogens with two attached hydrogens (primary N) is 1. The number of hydrogen-bond donors (Lipinski definition) is 2. The highest BCUT2D eigenvalue weighted by molar-refractivity contribution is 7.86. The van der Waals surface area contributed by atoms with Gasteiger partial charge < -0.3 is 5.73 Å². The fraction of sp³-hybridized carbons (Fsp3) is 0.333. The van der Waals surface area contributed by atoms with Crippen LogP contribution >= 0.6 is 0 Å². The summed E-state index contributed by atoms with van der Waals surface area (Å²) in [7, 11) is -4.21. The van der Waals surface area contributed by atoms with Gasteiger partial charge in [-0.25, -0.2) is 0 Å². The molecule has 0 unspecified atom stereocenters. The Balaban J connectivity index is 3.37. The summed E-state index contributed by atoms with van der Waals surface area (Å²) in [4.78, 5) is -0.219. The molecule has 1 aromatic carbocycles. The largest absolute Gasteiger partial charge is 0.398 e. The number of nitrogen functional groups attached to an aromatic ring is 1. The van der Waals surface area contributed by atoms with E-state index in [9.17, 15) is 8.42 Å². The van der Waals surface area contributed by atoms with Gasteiger partial charge in [0, 0.05) is 0 Å². The van der Waals surface area contributed by atoms with Gasteiger partial charge in [-0.3, -0.25) is 4.55 Å². The summed E-state index contributed by atoms with van der Waals surface area (Å²) in [6.07, 6.45) is 0. The van der Waals surface area contributed by atoms with E-state index in [-0.39, 0.29) is 16.5 Å². The van der Waals surface area contributed by atoms with Crippen LogP contribution in [0.15, 0.2) is 23.1 Å². The second kappa shape index (κ2) is 3.59. The maximum absolute atomic E-state index is 10.9. The van der Waals surface area contributed by atoms with E-state index in [1.807, 2.05) is 13.8 Å². The van der Waals surface area contributed by atoms with E-state index in [1.54, 1.807) is 6.07 Å². The molecule has 4 nitrogen and oxygen atoms in total. The molecule has 0 fully saturated rings. The molecular formula is C9H13NO3S. The van der Waals surface area contributed by atoms with Crippen molar-refractivity contribution in [1.82, 2.24) is 0 Å². The summed E-state index contributed by atoms with van der Waals surface area (Å²) in [5.41, 5.74) is 6.33. The fourth-order valence-corrected chi connectivity index (χ4v) is 1.78. The quantitative estimate of drug-likeness (QED) is 0.580. The Morgan fingerprint density at radius 3 is 2.36 bits per heavy atom. The molecule has 3 N–H and O–H groups in total. The van der Waals surface area contributed by atoms with Gasteiger partial charge in [0.1, 0.15) is 4.90 Å². The van der Waals surface area contributed by atoms with Gasteiger partial charge in [0.05, 0.1) is 5.69 Å². The molecule has 0 radical (unpaired) electrons. The molecule has 0 heterocycles. The normalized spacial score (nSPS) is 12.0. The Kier molecular flexibility index (Phi) is 2.82. The van der Waals surface area contributed by atoms with E-state index in [4.69, 9.17) is 10.3 Å². The maximum Gasteiger partial charge on any atom is 0.296 e. The molecule has 14 heavy (non-hydrogen) atoms. The van der Waals surface area contributed by atoms with Gasteiger partial charge in [-0.1, -0.05) is 19.9 Å². The van der Waals surface area contributed by atoms with Crippen molar-refractivity contribution in [3.05, 3.63) is 23.8 Å². The predicted molar refractivity (Wildman–Crippen MR) is 54.8 cm³/mol. The number of benzene rings is 1. The molecule has 0 atom stereocenters. The number of rotatable bonds is 2. The van der Waals surface area contributed by atoms with Crippen molar-refractivity contribution in [2.45, 2.75) is 24.7 Å². The van der Waals surface area contributed by atoms with Crippen LogP contribution in [-0.4, -0.2) is 13.0 Å². The van der Waals surface area contributed by atoms with Crippen LogP contribution in [-0.2, 0) is 10.1 Å². The van der Waals surface area contributed by atoms with Crippen LogP contribution in [0.25, 0.3) is 0 Å². The minimum absolute atomic E-state index is 0.0666. The lowest BCUT2D eigenvalue weighted by Gasteiger charge is -2.08. The highest BCUT2D eigenvalue weighted by Gasteiger charge is 2.15. The standard InChI is InChI=1S/C9H13NO3S/c1-6(2)7-3-4-8(10)9(5-7)14(11,12)13/h3-6H,10H2,1-2H3,(H,11,12,13). The van der Waals surface area contributed by atoms with E-state index in [0.717, 1.165) is 5.56 Å². The van der Waals surface area contributed by atoms with Crippen molar-refractivity contribution < 1.29 is 13.0 Å². The third kappa shape index (κ3) is 2.24. The van der Waals surface area contributed by atoms with Crippen molar-refractivity contribution >= 4 is 15.8 Å². The van der Waals surface area contributed by atoms with Gasteiger partial charge in [-0.05, 0) is 23.6 Å². The van der Waals surface area contributed by atoms with Crippen LogP contribution in [0.3, 0.4) is 0 Å². The van der Waals surface area contributed by atoms with Crippen LogP contribution in [0.2, 0.25) is 0 Å². The monoisotopic (exact) mass is 215 g/mol. The van der Waals surface area contributed by atoms with Crippen molar-refractivity contribution in [3.8, 4) is 0 Å². The van der Waals surface area contributed by atoms with Crippen LogP contribution in [0.4, 0.5) is 5.69 Å². The third-order valence-corrected chi connectivity index (χ3v) is 2.89. The van der Waals surface area contributed by atoms with Crippen molar-refractivity contribution in [2.24, 2.45) is 0 Å². The maximum atomic E-state index is 10.9. The summed E-state index contributed by atoms with van der Waals surface area (Å²) in [6, 6.07) is 4.63. The van der Waals surface area contributed by atoms with Crippen molar-refractivity contribution in [2.75, 3.05) is 5.73 Å². The van der Waals surface area contributed by atoms with Gasteiger partial charge in [0.15, 0.2) is 0 Å². The first-order chi connectivity index (χ1) is 6.32. The first-order valence-corrected chi connectivity index (χ1v) is 5.63. The number of anilines is 1. The molecule has 0 saturated heterocycles. The fourth-order valence-electron chi connectivity index (χ4n) is 1.13. The molecule has 0 saturated carbocycles. The van der Waals surface area contributed by atoms with Crippen molar-refractivity contribution in [3.63, 3.8) is 0 Å². The second-order valence-electron chi connectivity index (χ2n) is 3.43. The van der Waals surface area contributed by atoms with E-state index >= 15 is 0 Å². The van der Waals surface area contributed by atoms with Gasteiger partial charge >= 0.3 is 0 Å². The first-order valence-electron chi connectivity index (χ1n) is 4.19. The number of hydrogen-bond acceptors (Lipinski definition) is 3. The molecule has 0 spiro atoms. The smallest absolute Gasteiger partial charge is 0.296 e. The van der Waals surface area contributed by atoms with Crippen LogP contribution in [0.5, 0.6) is 0 Å². The average molecular weight is 215 g/mol. The van der Waals surface area contributed by atoms with Gasteiger partial charge in [-0.2, -0.15) is 8.42 Å². The SMILES string of the molecule is CC(C)c1ccc(N)c(S(=O)(=O)O)c1. The topological polar surface area (TPSA) is 80.4 Å². The molecule has 0 bridgehead atoms. The molecule has 0 amide bonds. The summed E-state index contributed by atoms with van der Waals surface area (Å²) >= 11 is 0. The predicted octanol–water partition coefficient (Wildman–Crippen LogP) is 1.64. The molecular weight excluding hydrogens is 202 g/mol. The average Bonchev–Trinajstić information content (AvgIpc) is 2.02. The van der Waals surface area contributed by atoms with Crippen LogP contribution in [0, 0.1) is 0 Å². The zero-order valence-electron chi connectivity index (χ0n) is 8.06. The summed E-state index contributed by atoms with van der Waals surface area (Å²) < 4.78 is 30.7. The zero-order valence-corrected chi connectivity index (χ0v) is 8.88. The molecule has 0 aliphatic heterocycles. The lowest BCUT2D eigenvalue weighted by atomic mass is 10.0. The molecule has 0 aliphatic carbocycles. The minimum atomic E-state index is -4.21. The molecule has 1 aromatic rings. The molecule has 1 rings (SSSR count). The lowest BCUT2D eigenvalue weighted by Crippen LogP contribution is -2.04. The van der Waals surface area contributed by atoms with Crippen molar-refractivity contribution in [1.29, 1.82) is 0 Å². The van der Waals surface area contributed by atoms with Gasteiger partial charge in [0.25, 0.3) is 10.1 Å². The van der Waals surface area contributed by atoms with Gasteiger partial charge in [-0.15, -0.1) is 0 Å². The Labute approximate surface area is 83.5 Å². The molecule has 5 heteroatoms. The second-order valence-corrected chi connectivity index (χ2v) is 4.82. The zero-order chi connectivity index (χ0) is 10.9. The molecule has 0 aromatic heterocycles. The van der Waals surface area contributed by atoms with E-state index in [0.29, 0.717) is 0 Å². The Bertz CT molecular complexity index is 437. The Hall–Kier alpha value is -1.07. The molecule has 78 valence electrons. The Morgan fingerprint density at radius 1 is 1.36 bits per heavy atom. The van der Waals surface area contributed by atoms with E-state index < -0.39 is 10.1 Å². The van der Waals surface area contributed by atoms with E-state index in [2.05, 4.69) is 0 Å². The Morgan fingerprint density at radius 2 is 1.93 bits per heavy atom. The highest BCUT2D eigenvalue weighted by Crippen LogP contribution is 2.23. The minimum Gasteiger partial charge on any atom is -0.398 e. The first kappa shape index (κ1) is 11.0. The van der Waals surface area contributed by atoms with E-state index in [1.165, 1.54) is 12.1 Å². The van der Waals surface area contributed by atoms with Crippen LogP contribution < -0.4 is 5.73 Å². The summed E-state index contributed by atoms with van der Waals surface area (Å²) in [6.45, 7) is 3.86. The lowest BCUT2D eigenvalue weighted by molar-refractivity contribution is 0.483. The summed E-state index contributed by atoms with van der Waals surface area (Å²) in [5.74, 6) is 0.191. The van der Waals surface area contributed by atoms with Gasteiger partial charge in [0.2, 0.25) is 0 Å². The molecule has 0 aliphatic rings. The third-order valence-electron chi connectivity index (χ3n) is 1.98.